The van der Waals surface area contributed by atoms with Crippen molar-refractivity contribution < 1.29 is 13.5 Å². The van der Waals surface area contributed by atoms with Crippen LogP contribution in [0, 0.1) is 0 Å². The van der Waals surface area contributed by atoms with Crippen LogP contribution in [0.2, 0.25) is 0 Å². The maximum absolute atomic E-state index is 12.7. The van der Waals surface area contributed by atoms with Gasteiger partial charge in [-0.15, -0.1) is 0 Å². The largest absolute Gasteiger partial charge is 0.372 e. The van der Waals surface area contributed by atoms with Gasteiger partial charge in [0.25, 0.3) is 0 Å². The number of hydrogen-bond donors (Lipinski definition) is 0. The topological polar surface area (TPSA) is 12.5 Å². The van der Waals surface area contributed by atoms with Crippen LogP contribution < -0.4 is 0 Å². The first-order valence-electron chi connectivity index (χ1n) is 3.37. The predicted octanol–water partition coefficient (Wildman–Crippen LogP) is 0.931. The molecule has 1 fully saturated rings. The van der Waals surface area contributed by atoms with Crippen LogP contribution in [-0.2, 0) is 4.74 Å². The van der Waals surface area contributed by atoms with Gasteiger partial charge in [-0.05, 0) is 0 Å². The molecule has 1 aliphatic rings. The number of alkyl halides is 2. The van der Waals surface area contributed by atoms with Gasteiger partial charge in [0.15, 0.2) is 0 Å². The highest BCUT2D eigenvalue weighted by molar-refractivity contribution is 4.71. The Morgan fingerprint density at radius 2 is 2.30 bits per heavy atom. The van der Waals surface area contributed by atoms with Crippen LogP contribution in [0.1, 0.15) is 6.92 Å². The number of halogens is 2. The lowest BCUT2D eigenvalue weighted by molar-refractivity contribution is -0.216. The van der Waals surface area contributed by atoms with E-state index in [4.69, 9.17) is 0 Å². The van der Waals surface area contributed by atoms with E-state index in [-0.39, 0.29) is 0 Å². The fraction of sp³-hybridized carbons (Fsp3) is 1.00. The molecule has 10 heavy (non-hydrogen) atoms. The summed E-state index contributed by atoms with van der Waals surface area (Å²) in [5.41, 5.74) is 0. The van der Waals surface area contributed by atoms with E-state index in [1.54, 1.807) is 6.92 Å². The average Bonchev–Trinajstić information content (AvgIpc) is 1.87. The number of ether oxygens (including phenoxy) is 1. The van der Waals surface area contributed by atoms with E-state index in [9.17, 15) is 8.78 Å². The summed E-state index contributed by atoms with van der Waals surface area (Å²) in [5.74, 6) is 0. The molecule has 1 saturated heterocycles. The van der Waals surface area contributed by atoms with E-state index in [1.807, 2.05) is 0 Å². The van der Waals surface area contributed by atoms with Gasteiger partial charge in [-0.1, -0.05) is 6.92 Å². The molecule has 0 radical (unpaired) electrons. The van der Waals surface area contributed by atoms with E-state index in [1.165, 1.54) is 0 Å². The molecule has 0 aromatic heterocycles. The fourth-order valence-electron chi connectivity index (χ4n) is 1.01. The van der Waals surface area contributed by atoms with Crippen LogP contribution in [0.5, 0.6) is 0 Å². The minimum absolute atomic E-state index is 0.337. The Labute approximate surface area is 58.8 Å². The second-order valence-corrected chi connectivity index (χ2v) is 2.30. The van der Waals surface area contributed by atoms with Gasteiger partial charge in [-0.25, -0.2) is 4.90 Å². The molecule has 0 N–H and O–H groups in total. The van der Waals surface area contributed by atoms with E-state index < -0.39 is 12.7 Å². The molecule has 0 saturated carbocycles. The van der Waals surface area contributed by atoms with Crippen LogP contribution in [0.15, 0.2) is 0 Å². The summed E-state index contributed by atoms with van der Waals surface area (Å²) < 4.78 is 30.0. The molecule has 60 valence electrons. The smallest absolute Gasteiger partial charge is 0.328 e. The van der Waals surface area contributed by atoms with E-state index >= 15 is 0 Å². The Hall–Kier alpha value is -0.220. The van der Waals surface area contributed by atoms with Crippen LogP contribution in [-0.4, -0.2) is 37.2 Å². The molecule has 0 bridgehead atoms. The van der Waals surface area contributed by atoms with Crippen molar-refractivity contribution in [3.63, 3.8) is 0 Å². The number of hydrogen-bond acceptors (Lipinski definition) is 2. The zero-order valence-corrected chi connectivity index (χ0v) is 5.94. The van der Waals surface area contributed by atoms with Gasteiger partial charge in [0.1, 0.15) is 6.61 Å². The molecule has 1 aliphatic heterocycles. The van der Waals surface area contributed by atoms with Crippen molar-refractivity contribution in [2.45, 2.75) is 13.0 Å². The third-order valence-corrected chi connectivity index (χ3v) is 1.63. The van der Waals surface area contributed by atoms with E-state index in [0.29, 0.717) is 19.7 Å². The Kier molecular flexibility index (Phi) is 2.21. The lowest BCUT2D eigenvalue weighted by atomic mass is 10.4. The van der Waals surface area contributed by atoms with Crippen molar-refractivity contribution in [2.24, 2.45) is 0 Å². The van der Waals surface area contributed by atoms with Gasteiger partial charge in [0, 0.05) is 13.1 Å². The lowest BCUT2D eigenvalue weighted by Crippen LogP contribution is -2.50. The quantitative estimate of drug-likeness (QED) is 0.517. The van der Waals surface area contributed by atoms with Crippen LogP contribution >= 0.6 is 0 Å². The van der Waals surface area contributed by atoms with Gasteiger partial charge in [-0.2, -0.15) is 8.78 Å². The monoisotopic (exact) mass is 151 g/mol. The van der Waals surface area contributed by atoms with Crippen LogP contribution in [0.4, 0.5) is 8.78 Å². The number of rotatable bonds is 1. The molecule has 0 spiro atoms. The first-order chi connectivity index (χ1) is 4.67. The van der Waals surface area contributed by atoms with Crippen molar-refractivity contribution in [3.8, 4) is 0 Å². The van der Waals surface area contributed by atoms with Crippen molar-refractivity contribution in [1.29, 1.82) is 0 Å². The fourth-order valence-corrected chi connectivity index (χ4v) is 1.01. The molecule has 0 aromatic rings. The van der Waals surface area contributed by atoms with Gasteiger partial charge < -0.3 is 4.74 Å². The molecule has 0 aromatic carbocycles. The maximum Gasteiger partial charge on any atom is 0.328 e. The Balaban J connectivity index is 2.51. The molecule has 1 rings (SSSR count). The van der Waals surface area contributed by atoms with E-state index in [0.717, 1.165) is 4.90 Å². The molecule has 2 nitrogen and oxygen atoms in total. The standard InChI is InChI=1S/C6H11F2NO/c1-2-9-3-4-10-5-6(9,7)8/h2-5H2,1H3. The van der Waals surface area contributed by atoms with Gasteiger partial charge in [0.05, 0.1) is 6.61 Å². The lowest BCUT2D eigenvalue weighted by Gasteiger charge is -2.33. The normalized spacial score (nSPS) is 26.7. The molecular formula is C6H11F2NO. The van der Waals surface area contributed by atoms with Crippen molar-refractivity contribution in [2.75, 3.05) is 26.3 Å². The average molecular weight is 151 g/mol. The molecule has 0 unspecified atom stereocenters. The first-order valence-corrected chi connectivity index (χ1v) is 3.37. The summed E-state index contributed by atoms with van der Waals surface area (Å²) >= 11 is 0. The zero-order valence-electron chi connectivity index (χ0n) is 5.94. The SMILES string of the molecule is CCN1CCOCC1(F)F. The van der Waals surface area contributed by atoms with Gasteiger partial charge in [-0.3, -0.25) is 0 Å². The maximum atomic E-state index is 12.7. The third-order valence-electron chi connectivity index (χ3n) is 1.63. The Morgan fingerprint density at radius 3 is 2.70 bits per heavy atom. The predicted molar refractivity (Wildman–Crippen MR) is 33.0 cm³/mol. The van der Waals surface area contributed by atoms with Gasteiger partial charge in [0.2, 0.25) is 0 Å². The van der Waals surface area contributed by atoms with Crippen molar-refractivity contribution >= 4 is 0 Å². The number of likely N-dealkylation sites (N-methyl/N-ethyl adjacent to an activating group) is 1. The zero-order chi connectivity index (χ0) is 7.61. The highest BCUT2D eigenvalue weighted by Crippen LogP contribution is 2.22. The summed E-state index contributed by atoms with van der Waals surface area (Å²) in [4.78, 5) is 1.12. The second kappa shape index (κ2) is 2.80. The van der Waals surface area contributed by atoms with Gasteiger partial charge >= 0.3 is 6.05 Å². The highest BCUT2D eigenvalue weighted by atomic mass is 19.3. The molecule has 1 heterocycles. The molecule has 0 aliphatic carbocycles. The Morgan fingerprint density at radius 1 is 1.60 bits per heavy atom. The molecule has 0 atom stereocenters. The van der Waals surface area contributed by atoms with Crippen LogP contribution in [0.25, 0.3) is 0 Å². The third kappa shape index (κ3) is 1.44. The Bertz CT molecular complexity index is 118. The summed E-state index contributed by atoms with van der Waals surface area (Å²) in [6, 6.07) is -2.74. The minimum Gasteiger partial charge on any atom is -0.372 e. The summed E-state index contributed by atoms with van der Waals surface area (Å²) in [5, 5.41) is 0. The van der Waals surface area contributed by atoms with E-state index in [2.05, 4.69) is 4.74 Å². The van der Waals surface area contributed by atoms with Crippen LogP contribution in [0.3, 0.4) is 0 Å². The number of morpholine rings is 1. The summed E-state index contributed by atoms with van der Waals surface area (Å²) in [6.07, 6.45) is 0. The van der Waals surface area contributed by atoms with Crippen molar-refractivity contribution in [3.05, 3.63) is 0 Å². The first kappa shape index (κ1) is 7.88. The summed E-state index contributed by atoms with van der Waals surface area (Å²) in [6.45, 7) is 2.41. The molecule has 0 amide bonds. The number of nitrogens with zero attached hydrogens (tertiary/aromatic N) is 1. The van der Waals surface area contributed by atoms with Crippen molar-refractivity contribution in [1.82, 2.24) is 4.90 Å². The second-order valence-electron chi connectivity index (χ2n) is 2.30. The highest BCUT2D eigenvalue weighted by Gasteiger charge is 2.38. The summed E-state index contributed by atoms with van der Waals surface area (Å²) in [7, 11) is 0. The molecule has 4 heteroatoms. The minimum atomic E-state index is -2.74. The molecular weight excluding hydrogens is 140 g/mol.